The van der Waals surface area contributed by atoms with Crippen molar-refractivity contribution in [2.45, 2.75) is 6.04 Å². The molecular formula is C7H11BrN2O. The minimum absolute atomic E-state index is 0.0636. The first-order valence-electron chi connectivity index (χ1n) is 3.32. The highest BCUT2D eigenvalue weighted by Crippen LogP contribution is 2.15. The Morgan fingerprint density at radius 3 is 3.00 bits per heavy atom. The van der Waals surface area contributed by atoms with Gasteiger partial charge in [-0.1, -0.05) is 0 Å². The summed E-state index contributed by atoms with van der Waals surface area (Å²) in [6.45, 7) is 0.535. The van der Waals surface area contributed by atoms with Gasteiger partial charge in [-0.2, -0.15) is 0 Å². The van der Waals surface area contributed by atoms with Crippen LogP contribution in [0, 0.1) is 0 Å². The van der Waals surface area contributed by atoms with Crippen LogP contribution in [-0.4, -0.2) is 18.7 Å². The van der Waals surface area contributed by atoms with E-state index in [1.54, 1.807) is 7.11 Å². The highest BCUT2D eigenvalue weighted by atomic mass is 79.9. The predicted molar refractivity (Wildman–Crippen MR) is 47.3 cm³/mol. The maximum atomic E-state index is 5.74. The molecule has 0 aliphatic heterocycles. The first kappa shape index (κ1) is 8.77. The third kappa shape index (κ3) is 2.32. The van der Waals surface area contributed by atoms with Crippen LogP contribution in [0.1, 0.15) is 11.7 Å². The summed E-state index contributed by atoms with van der Waals surface area (Å²) < 4.78 is 5.92. The molecule has 1 atom stereocenters. The largest absolute Gasteiger partial charge is 0.383 e. The lowest BCUT2D eigenvalue weighted by molar-refractivity contribution is 0.180. The fraction of sp³-hybridized carbons (Fsp3) is 0.429. The zero-order valence-corrected chi connectivity index (χ0v) is 7.89. The monoisotopic (exact) mass is 218 g/mol. The number of halogens is 1. The van der Waals surface area contributed by atoms with Gasteiger partial charge in [0.2, 0.25) is 0 Å². The van der Waals surface area contributed by atoms with Gasteiger partial charge in [-0.3, -0.25) is 0 Å². The highest BCUT2D eigenvalue weighted by molar-refractivity contribution is 9.10. The first-order chi connectivity index (χ1) is 5.24. The third-order valence-corrected chi connectivity index (χ3v) is 1.87. The third-order valence-electron chi connectivity index (χ3n) is 1.42. The van der Waals surface area contributed by atoms with Crippen LogP contribution in [0.3, 0.4) is 0 Å². The molecule has 0 unspecified atom stereocenters. The second-order valence-electron chi connectivity index (χ2n) is 2.34. The Morgan fingerprint density at radius 1 is 1.82 bits per heavy atom. The van der Waals surface area contributed by atoms with Gasteiger partial charge in [-0.25, -0.2) is 0 Å². The van der Waals surface area contributed by atoms with Gasteiger partial charge in [-0.05, 0) is 22.0 Å². The van der Waals surface area contributed by atoms with E-state index in [1.165, 1.54) is 0 Å². The van der Waals surface area contributed by atoms with E-state index < -0.39 is 0 Å². The number of aromatic amines is 1. The molecule has 0 saturated carbocycles. The van der Waals surface area contributed by atoms with Crippen molar-refractivity contribution in [3.8, 4) is 0 Å². The zero-order chi connectivity index (χ0) is 8.27. The number of rotatable bonds is 3. The van der Waals surface area contributed by atoms with Crippen LogP contribution < -0.4 is 5.73 Å². The molecule has 0 aromatic carbocycles. The predicted octanol–water partition coefficient (Wildman–Crippen LogP) is 1.42. The quantitative estimate of drug-likeness (QED) is 0.807. The summed E-state index contributed by atoms with van der Waals surface area (Å²) in [5.74, 6) is 0. The van der Waals surface area contributed by atoms with Crippen molar-refractivity contribution >= 4 is 15.9 Å². The number of nitrogens with one attached hydrogen (secondary N) is 1. The van der Waals surface area contributed by atoms with Crippen LogP contribution in [0.25, 0.3) is 0 Å². The summed E-state index contributed by atoms with van der Waals surface area (Å²) in [6.07, 6.45) is 1.85. The van der Waals surface area contributed by atoms with E-state index >= 15 is 0 Å². The Hall–Kier alpha value is -0.320. The smallest absolute Gasteiger partial charge is 0.0685 e. The van der Waals surface area contributed by atoms with Crippen LogP contribution in [0.4, 0.5) is 0 Å². The van der Waals surface area contributed by atoms with Gasteiger partial charge in [0, 0.05) is 23.5 Å². The number of H-pyrrole nitrogens is 1. The molecule has 11 heavy (non-hydrogen) atoms. The highest BCUT2D eigenvalue weighted by Gasteiger charge is 2.06. The van der Waals surface area contributed by atoms with Crippen LogP contribution in [-0.2, 0) is 4.74 Å². The molecule has 62 valence electrons. The fourth-order valence-electron chi connectivity index (χ4n) is 0.868. The van der Waals surface area contributed by atoms with Crippen LogP contribution in [0.15, 0.2) is 16.7 Å². The van der Waals surface area contributed by atoms with Crippen molar-refractivity contribution in [2.75, 3.05) is 13.7 Å². The number of methoxy groups -OCH3 is 1. The number of aromatic nitrogens is 1. The normalized spacial score (nSPS) is 13.4. The Labute approximate surface area is 74.1 Å². The van der Waals surface area contributed by atoms with E-state index in [9.17, 15) is 0 Å². The average Bonchev–Trinajstić information content (AvgIpc) is 2.36. The molecule has 0 spiro atoms. The Morgan fingerprint density at radius 2 is 2.55 bits per heavy atom. The second-order valence-corrected chi connectivity index (χ2v) is 3.25. The lowest BCUT2D eigenvalue weighted by Gasteiger charge is -2.06. The molecule has 0 aliphatic rings. The van der Waals surface area contributed by atoms with Crippen molar-refractivity contribution in [2.24, 2.45) is 5.73 Å². The molecule has 0 radical (unpaired) electrons. The number of hydrogen-bond donors (Lipinski definition) is 2. The van der Waals surface area contributed by atoms with Gasteiger partial charge in [0.1, 0.15) is 0 Å². The van der Waals surface area contributed by atoms with Crippen molar-refractivity contribution in [3.05, 3.63) is 22.4 Å². The standard InChI is InChI=1S/C7H11BrN2O/c1-11-4-6(9)7-2-5(8)3-10-7/h2-3,6,10H,4,9H2,1H3/t6-/m0/s1. The van der Waals surface area contributed by atoms with E-state index in [0.29, 0.717) is 6.61 Å². The average molecular weight is 219 g/mol. The Balaban J connectivity index is 2.60. The molecule has 3 N–H and O–H groups in total. The molecular weight excluding hydrogens is 208 g/mol. The van der Waals surface area contributed by atoms with Crippen LogP contribution in [0.5, 0.6) is 0 Å². The summed E-state index contributed by atoms with van der Waals surface area (Å²) in [7, 11) is 1.64. The van der Waals surface area contributed by atoms with Gasteiger partial charge < -0.3 is 15.5 Å². The van der Waals surface area contributed by atoms with Crippen LogP contribution in [0.2, 0.25) is 0 Å². The van der Waals surface area contributed by atoms with Gasteiger partial charge in [0.25, 0.3) is 0 Å². The minimum atomic E-state index is -0.0636. The molecule has 3 nitrogen and oxygen atoms in total. The summed E-state index contributed by atoms with van der Waals surface area (Å²) >= 11 is 3.32. The molecule has 1 aromatic rings. The topological polar surface area (TPSA) is 51.0 Å². The zero-order valence-electron chi connectivity index (χ0n) is 6.30. The molecule has 4 heteroatoms. The van der Waals surface area contributed by atoms with Crippen molar-refractivity contribution in [3.63, 3.8) is 0 Å². The lowest BCUT2D eigenvalue weighted by atomic mass is 10.2. The molecule has 0 fully saturated rings. The first-order valence-corrected chi connectivity index (χ1v) is 4.11. The van der Waals surface area contributed by atoms with Crippen molar-refractivity contribution in [1.29, 1.82) is 0 Å². The maximum Gasteiger partial charge on any atom is 0.0685 e. The Kier molecular flexibility index (Phi) is 3.11. The van der Waals surface area contributed by atoms with Gasteiger partial charge in [-0.15, -0.1) is 0 Å². The molecule has 0 amide bonds. The molecule has 0 aliphatic carbocycles. The van der Waals surface area contributed by atoms with Gasteiger partial charge in [0.05, 0.1) is 12.6 Å². The maximum absolute atomic E-state index is 5.74. The van der Waals surface area contributed by atoms with E-state index in [-0.39, 0.29) is 6.04 Å². The van der Waals surface area contributed by atoms with E-state index in [4.69, 9.17) is 10.5 Å². The minimum Gasteiger partial charge on any atom is -0.383 e. The molecule has 1 rings (SSSR count). The van der Waals surface area contributed by atoms with Crippen molar-refractivity contribution in [1.82, 2.24) is 4.98 Å². The van der Waals surface area contributed by atoms with E-state index in [2.05, 4.69) is 20.9 Å². The summed E-state index contributed by atoms with van der Waals surface area (Å²) in [4.78, 5) is 3.04. The van der Waals surface area contributed by atoms with E-state index in [1.807, 2.05) is 12.3 Å². The molecule has 0 bridgehead atoms. The number of nitrogens with two attached hydrogens (primary N) is 1. The van der Waals surface area contributed by atoms with Gasteiger partial charge in [0.15, 0.2) is 0 Å². The number of hydrogen-bond acceptors (Lipinski definition) is 2. The second kappa shape index (κ2) is 3.90. The van der Waals surface area contributed by atoms with E-state index in [0.717, 1.165) is 10.2 Å². The SMILES string of the molecule is COC[C@H](N)c1cc(Br)c[nH]1. The lowest BCUT2D eigenvalue weighted by Crippen LogP contribution is -2.16. The summed E-state index contributed by atoms with van der Waals surface area (Å²) in [6, 6.07) is 1.88. The molecule has 1 heterocycles. The fourth-order valence-corrected chi connectivity index (χ4v) is 1.23. The summed E-state index contributed by atoms with van der Waals surface area (Å²) in [5, 5.41) is 0. The molecule has 0 saturated heterocycles. The molecule has 1 aromatic heterocycles. The number of ether oxygens (including phenoxy) is 1. The Bertz CT molecular complexity index is 224. The van der Waals surface area contributed by atoms with Gasteiger partial charge >= 0.3 is 0 Å². The van der Waals surface area contributed by atoms with Crippen molar-refractivity contribution < 1.29 is 4.74 Å². The van der Waals surface area contributed by atoms with Crippen LogP contribution >= 0.6 is 15.9 Å². The summed E-state index contributed by atoms with van der Waals surface area (Å²) in [5.41, 5.74) is 6.73.